The lowest BCUT2D eigenvalue weighted by molar-refractivity contribution is 0.436. The summed E-state index contributed by atoms with van der Waals surface area (Å²) in [5.41, 5.74) is 5.61. The molecule has 1 aromatic carbocycles. The second-order valence-electron chi connectivity index (χ2n) is 3.13. The van der Waals surface area contributed by atoms with Crippen molar-refractivity contribution in [1.82, 2.24) is 9.97 Å². The predicted molar refractivity (Wildman–Crippen MR) is 57.6 cm³/mol. The highest BCUT2D eigenvalue weighted by molar-refractivity contribution is 5.45. The molecule has 0 aliphatic rings. The molecule has 0 fully saturated rings. The Bertz CT molecular complexity index is 577. The first-order valence-corrected chi connectivity index (χ1v) is 4.64. The normalized spacial score (nSPS) is 9.65. The third kappa shape index (κ3) is 2.29. The molecule has 0 unspecified atom stereocenters. The van der Waals surface area contributed by atoms with Crippen molar-refractivity contribution in [2.45, 2.75) is 0 Å². The smallest absolute Gasteiger partial charge is 0.322 e. The summed E-state index contributed by atoms with van der Waals surface area (Å²) in [4.78, 5) is 7.58. The first kappa shape index (κ1) is 10.8. The van der Waals surface area contributed by atoms with Crippen LogP contribution < -0.4 is 10.5 Å². The van der Waals surface area contributed by atoms with Gasteiger partial charge in [-0.15, -0.1) is 0 Å². The molecule has 0 radical (unpaired) electrons. The maximum atomic E-state index is 13.3. The van der Waals surface area contributed by atoms with Crippen molar-refractivity contribution in [2.75, 3.05) is 5.73 Å². The van der Waals surface area contributed by atoms with Crippen LogP contribution in [0.4, 0.5) is 10.1 Å². The summed E-state index contributed by atoms with van der Waals surface area (Å²) in [7, 11) is 0. The Morgan fingerprint density at radius 1 is 1.29 bits per heavy atom. The number of nitrogens with zero attached hydrogens (tertiary/aromatic N) is 3. The van der Waals surface area contributed by atoms with Gasteiger partial charge in [0.25, 0.3) is 0 Å². The van der Waals surface area contributed by atoms with E-state index in [0.717, 1.165) is 0 Å². The van der Waals surface area contributed by atoms with Gasteiger partial charge in [-0.25, -0.2) is 14.4 Å². The Hall–Kier alpha value is -2.68. The fraction of sp³-hybridized carbons (Fsp3) is 0. The first-order valence-electron chi connectivity index (χ1n) is 4.64. The van der Waals surface area contributed by atoms with Gasteiger partial charge in [0.2, 0.25) is 0 Å². The third-order valence-corrected chi connectivity index (χ3v) is 1.94. The molecule has 84 valence electrons. The highest BCUT2D eigenvalue weighted by Crippen LogP contribution is 2.24. The molecule has 1 heterocycles. The number of rotatable bonds is 2. The van der Waals surface area contributed by atoms with Crippen molar-refractivity contribution >= 4 is 5.69 Å². The second-order valence-corrected chi connectivity index (χ2v) is 3.13. The van der Waals surface area contributed by atoms with E-state index in [1.807, 2.05) is 0 Å². The highest BCUT2D eigenvalue weighted by Gasteiger charge is 2.10. The van der Waals surface area contributed by atoms with Gasteiger partial charge in [0.05, 0.1) is 18.1 Å². The molecule has 6 heteroatoms. The minimum Gasteiger partial charge on any atom is -0.423 e. The van der Waals surface area contributed by atoms with Gasteiger partial charge < -0.3 is 10.5 Å². The van der Waals surface area contributed by atoms with Crippen LogP contribution in [0, 0.1) is 17.1 Å². The lowest BCUT2D eigenvalue weighted by atomic mass is 10.2. The maximum Gasteiger partial charge on any atom is 0.322 e. The summed E-state index contributed by atoms with van der Waals surface area (Å²) < 4.78 is 18.4. The van der Waals surface area contributed by atoms with Gasteiger partial charge in [-0.3, -0.25) is 0 Å². The van der Waals surface area contributed by atoms with Gasteiger partial charge in [-0.05, 0) is 12.1 Å². The lowest BCUT2D eigenvalue weighted by Crippen LogP contribution is -1.96. The summed E-state index contributed by atoms with van der Waals surface area (Å²) in [6, 6.07) is 5.79. The number of nitriles is 1. The number of hydrogen-bond acceptors (Lipinski definition) is 5. The largest absolute Gasteiger partial charge is 0.423 e. The summed E-state index contributed by atoms with van der Waals surface area (Å²) in [6.45, 7) is 0. The molecular weight excluding hydrogens is 223 g/mol. The molecule has 0 spiro atoms. The number of anilines is 1. The summed E-state index contributed by atoms with van der Waals surface area (Å²) in [5, 5.41) is 8.79. The zero-order valence-corrected chi connectivity index (χ0v) is 8.59. The molecule has 0 bridgehead atoms. The van der Waals surface area contributed by atoms with Gasteiger partial charge in [-0.2, -0.15) is 5.26 Å². The van der Waals surface area contributed by atoms with Gasteiger partial charge in [0.15, 0.2) is 5.75 Å². The van der Waals surface area contributed by atoms with E-state index >= 15 is 0 Å². The number of hydrogen-bond donors (Lipinski definition) is 1. The van der Waals surface area contributed by atoms with Crippen LogP contribution in [0.2, 0.25) is 0 Å². The second kappa shape index (κ2) is 4.45. The monoisotopic (exact) mass is 230 g/mol. The van der Waals surface area contributed by atoms with Gasteiger partial charge in [-0.1, -0.05) is 6.07 Å². The molecule has 0 aliphatic heterocycles. The molecular formula is C11H7FN4O. The van der Waals surface area contributed by atoms with Crippen LogP contribution in [0.25, 0.3) is 0 Å². The molecule has 2 aromatic rings. The van der Waals surface area contributed by atoms with Gasteiger partial charge in [0.1, 0.15) is 17.4 Å². The van der Waals surface area contributed by atoms with Crippen molar-refractivity contribution in [3.63, 3.8) is 0 Å². The van der Waals surface area contributed by atoms with E-state index in [2.05, 4.69) is 9.97 Å². The number of benzene rings is 1. The Labute approximate surface area is 96.3 Å². The van der Waals surface area contributed by atoms with Crippen LogP contribution in [0.15, 0.2) is 30.6 Å². The van der Waals surface area contributed by atoms with E-state index in [0.29, 0.717) is 5.69 Å². The fourth-order valence-corrected chi connectivity index (χ4v) is 1.18. The molecule has 1 aromatic heterocycles. The number of aromatic nitrogens is 2. The SMILES string of the molecule is N#Cc1c(F)cccc1Oc1ncc(N)cn1. The van der Waals surface area contributed by atoms with Gasteiger partial charge in [0, 0.05) is 0 Å². The number of nitrogen functional groups attached to an aromatic ring is 1. The van der Waals surface area contributed by atoms with Crippen molar-refractivity contribution in [1.29, 1.82) is 5.26 Å². The molecule has 0 amide bonds. The lowest BCUT2D eigenvalue weighted by Gasteiger charge is -2.05. The Morgan fingerprint density at radius 2 is 2.00 bits per heavy atom. The number of ether oxygens (including phenoxy) is 1. The molecule has 2 rings (SSSR count). The van der Waals surface area contributed by atoms with Crippen LogP contribution in [0.5, 0.6) is 11.8 Å². The van der Waals surface area contributed by atoms with E-state index in [9.17, 15) is 4.39 Å². The zero-order valence-electron chi connectivity index (χ0n) is 8.59. The van der Waals surface area contributed by atoms with Crippen molar-refractivity contribution in [3.8, 4) is 17.8 Å². The molecule has 0 saturated heterocycles. The molecule has 5 nitrogen and oxygen atoms in total. The van der Waals surface area contributed by atoms with Crippen LogP contribution in [-0.4, -0.2) is 9.97 Å². The quantitative estimate of drug-likeness (QED) is 0.851. The maximum absolute atomic E-state index is 13.3. The molecule has 0 aliphatic carbocycles. The first-order chi connectivity index (χ1) is 8.20. The summed E-state index contributed by atoms with van der Waals surface area (Å²) in [5.74, 6) is -0.585. The average molecular weight is 230 g/mol. The zero-order chi connectivity index (χ0) is 12.3. The van der Waals surface area contributed by atoms with Crippen LogP contribution >= 0.6 is 0 Å². The van der Waals surface area contributed by atoms with Gasteiger partial charge >= 0.3 is 6.01 Å². The Kier molecular flexibility index (Phi) is 2.83. The Balaban J connectivity index is 2.34. The van der Waals surface area contributed by atoms with Crippen LogP contribution in [-0.2, 0) is 0 Å². The minimum absolute atomic E-state index is 0.00120. The van der Waals surface area contributed by atoms with Crippen molar-refractivity contribution in [2.24, 2.45) is 0 Å². The average Bonchev–Trinajstić information content (AvgIpc) is 2.32. The van der Waals surface area contributed by atoms with E-state index in [1.165, 1.54) is 30.6 Å². The van der Waals surface area contributed by atoms with Crippen molar-refractivity contribution in [3.05, 3.63) is 42.0 Å². The highest BCUT2D eigenvalue weighted by atomic mass is 19.1. The van der Waals surface area contributed by atoms with E-state index in [1.54, 1.807) is 6.07 Å². The fourth-order valence-electron chi connectivity index (χ4n) is 1.18. The summed E-state index contributed by atoms with van der Waals surface area (Å²) in [6.07, 6.45) is 2.71. The van der Waals surface area contributed by atoms with Crippen LogP contribution in [0.1, 0.15) is 5.56 Å². The van der Waals surface area contributed by atoms with E-state index in [-0.39, 0.29) is 17.3 Å². The minimum atomic E-state index is -0.652. The standard InChI is InChI=1S/C11H7FN4O/c12-9-2-1-3-10(8(9)4-13)17-11-15-5-7(14)6-16-11/h1-3,5-6H,14H2. The number of nitrogens with two attached hydrogens (primary N) is 1. The van der Waals surface area contributed by atoms with Crippen LogP contribution in [0.3, 0.4) is 0 Å². The Morgan fingerprint density at radius 3 is 2.65 bits per heavy atom. The molecule has 2 N–H and O–H groups in total. The molecule has 0 atom stereocenters. The number of halogens is 1. The van der Waals surface area contributed by atoms with Crippen molar-refractivity contribution < 1.29 is 9.13 Å². The van der Waals surface area contributed by atoms with E-state index in [4.69, 9.17) is 15.7 Å². The topological polar surface area (TPSA) is 84.8 Å². The molecule has 0 saturated carbocycles. The third-order valence-electron chi connectivity index (χ3n) is 1.94. The predicted octanol–water partition coefficient (Wildman–Crippen LogP) is 1.86. The molecule has 17 heavy (non-hydrogen) atoms. The van der Waals surface area contributed by atoms with E-state index < -0.39 is 5.82 Å². The summed E-state index contributed by atoms with van der Waals surface area (Å²) >= 11 is 0.